The maximum Gasteiger partial charge on any atom is 0.307 e. The van der Waals surface area contributed by atoms with Crippen molar-refractivity contribution in [2.24, 2.45) is 5.92 Å². The lowest BCUT2D eigenvalue weighted by molar-refractivity contribution is -0.141. The molecule has 2 atom stereocenters. The molecule has 1 heterocycles. The molecular weight excluding hydrogens is 328 g/mol. The fourth-order valence-corrected chi connectivity index (χ4v) is 3.08. The fraction of sp³-hybridized carbons (Fsp3) is 0.556. The highest BCUT2D eigenvalue weighted by Crippen LogP contribution is 2.28. The largest absolute Gasteiger partial charge is 0.481 e. The van der Waals surface area contributed by atoms with Crippen LogP contribution >= 0.6 is 12.4 Å². The van der Waals surface area contributed by atoms with E-state index in [2.05, 4.69) is 19.2 Å². The molecule has 134 valence electrons. The van der Waals surface area contributed by atoms with E-state index in [4.69, 9.17) is 5.11 Å². The van der Waals surface area contributed by atoms with Crippen LogP contribution < -0.4 is 5.32 Å². The van der Waals surface area contributed by atoms with Gasteiger partial charge in [0, 0.05) is 12.2 Å². The van der Waals surface area contributed by atoms with Gasteiger partial charge in [-0.15, -0.1) is 12.4 Å². The molecule has 6 heteroatoms. The summed E-state index contributed by atoms with van der Waals surface area (Å²) >= 11 is 0. The number of carbonyl (C=O) groups excluding carboxylic acids is 1. The van der Waals surface area contributed by atoms with Crippen LogP contribution in [0.3, 0.4) is 0 Å². The van der Waals surface area contributed by atoms with Gasteiger partial charge < -0.3 is 10.4 Å². The van der Waals surface area contributed by atoms with Crippen LogP contribution in [-0.2, 0) is 9.59 Å². The molecule has 1 aromatic carbocycles. The fourth-order valence-electron chi connectivity index (χ4n) is 3.08. The quantitative estimate of drug-likeness (QED) is 0.851. The normalized spacial score (nSPS) is 19.0. The molecule has 2 unspecified atom stereocenters. The van der Waals surface area contributed by atoms with Gasteiger partial charge in [-0.25, -0.2) is 0 Å². The first-order chi connectivity index (χ1) is 10.8. The molecule has 1 fully saturated rings. The molecule has 2 rings (SSSR count). The highest BCUT2D eigenvalue weighted by atomic mass is 35.5. The van der Waals surface area contributed by atoms with Gasteiger partial charge in [0.05, 0.1) is 12.0 Å². The van der Waals surface area contributed by atoms with E-state index in [-0.39, 0.29) is 30.3 Å². The Kier molecular flexibility index (Phi) is 7.24. The number of nitrogens with one attached hydrogen (secondary N) is 1. The second kappa shape index (κ2) is 8.49. The molecule has 0 aliphatic carbocycles. The van der Waals surface area contributed by atoms with Crippen LogP contribution in [0.1, 0.15) is 44.2 Å². The van der Waals surface area contributed by atoms with Gasteiger partial charge in [0.25, 0.3) is 0 Å². The number of carboxylic acids is 1. The van der Waals surface area contributed by atoms with Crippen LogP contribution in [0, 0.1) is 12.8 Å². The lowest BCUT2D eigenvalue weighted by Gasteiger charge is -2.25. The molecule has 0 saturated carbocycles. The number of para-hydroxylation sites is 1. The number of carboxylic acid groups (broad SMARTS) is 1. The number of halogens is 1. The third-order valence-electron chi connectivity index (χ3n) is 4.67. The smallest absolute Gasteiger partial charge is 0.307 e. The molecule has 1 aliphatic heterocycles. The SMILES string of the molecule is Cc1cccc(C(C)C)c1NC(=O)C(C)N1CCC(C(=O)O)C1.Cl. The van der Waals surface area contributed by atoms with Crippen molar-refractivity contribution < 1.29 is 14.7 Å². The van der Waals surface area contributed by atoms with Crippen molar-refractivity contribution in [3.05, 3.63) is 29.3 Å². The summed E-state index contributed by atoms with van der Waals surface area (Å²) in [5.74, 6) is -0.896. The molecule has 24 heavy (non-hydrogen) atoms. The minimum Gasteiger partial charge on any atom is -0.481 e. The summed E-state index contributed by atoms with van der Waals surface area (Å²) in [5.41, 5.74) is 3.05. The van der Waals surface area contributed by atoms with E-state index in [1.165, 1.54) is 0 Å². The van der Waals surface area contributed by atoms with Crippen molar-refractivity contribution in [1.82, 2.24) is 4.90 Å². The summed E-state index contributed by atoms with van der Waals surface area (Å²) in [7, 11) is 0. The Morgan fingerprint density at radius 3 is 2.50 bits per heavy atom. The van der Waals surface area contributed by atoms with Crippen molar-refractivity contribution in [3.8, 4) is 0 Å². The highest BCUT2D eigenvalue weighted by molar-refractivity contribution is 5.96. The molecule has 2 N–H and O–H groups in total. The summed E-state index contributed by atoms with van der Waals surface area (Å²) in [5, 5.41) is 12.1. The number of benzene rings is 1. The molecule has 0 aromatic heterocycles. The van der Waals surface area contributed by atoms with Gasteiger partial charge in [0.15, 0.2) is 0 Å². The molecule has 5 nitrogen and oxygen atoms in total. The minimum atomic E-state index is -0.777. The van der Waals surface area contributed by atoms with Crippen molar-refractivity contribution in [2.45, 2.75) is 46.1 Å². The van der Waals surface area contributed by atoms with Crippen LogP contribution in [-0.4, -0.2) is 41.0 Å². The van der Waals surface area contributed by atoms with E-state index in [1.54, 1.807) is 0 Å². The van der Waals surface area contributed by atoms with Gasteiger partial charge in [0.2, 0.25) is 5.91 Å². The highest BCUT2D eigenvalue weighted by Gasteiger charge is 2.33. The molecule has 1 aliphatic rings. The van der Waals surface area contributed by atoms with Gasteiger partial charge in [0.1, 0.15) is 0 Å². The summed E-state index contributed by atoms with van der Waals surface area (Å²) < 4.78 is 0. The number of rotatable bonds is 5. The number of aliphatic carboxylic acids is 1. The molecule has 0 radical (unpaired) electrons. The number of nitrogens with zero attached hydrogens (tertiary/aromatic N) is 1. The predicted molar refractivity (Wildman–Crippen MR) is 97.9 cm³/mol. The van der Waals surface area contributed by atoms with Crippen LogP contribution in [0.25, 0.3) is 0 Å². The zero-order valence-electron chi connectivity index (χ0n) is 14.7. The molecule has 1 amide bonds. The standard InChI is InChI=1S/C18H26N2O3.ClH/c1-11(2)15-7-5-6-12(3)16(15)19-17(21)13(4)20-9-8-14(10-20)18(22)23;/h5-7,11,13-14H,8-10H2,1-4H3,(H,19,21)(H,22,23);1H. The summed E-state index contributed by atoms with van der Waals surface area (Å²) in [6, 6.07) is 5.69. The third kappa shape index (κ3) is 4.48. The number of hydrogen-bond donors (Lipinski definition) is 2. The number of amides is 1. The van der Waals surface area contributed by atoms with E-state index in [1.807, 2.05) is 36.9 Å². The Hall–Kier alpha value is -1.59. The van der Waals surface area contributed by atoms with Gasteiger partial charge in [-0.2, -0.15) is 0 Å². The van der Waals surface area contributed by atoms with Gasteiger partial charge in [-0.1, -0.05) is 32.0 Å². The Labute approximate surface area is 149 Å². The van der Waals surface area contributed by atoms with Crippen LogP contribution in [0.15, 0.2) is 18.2 Å². The Morgan fingerprint density at radius 1 is 1.29 bits per heavy atom. The number of anilines is 1. The van der Waals surface area contributed by atoms with Crippen LogP contribution in [0.5, 0.6) is 0 Å². The second-order valence-electron chi connectivity index (χ2n) is 6.68. The minimum absolute atomic E-state index is 0. The molecule has 1 aromatic rings. The number of aryl methyl sites for hydroxylation is 1. The van der Waals surface area contributed by atoms with Gasteiger partial charge in [-0.3, -0.25) is 14.5 Å². The molecular formula is C18H27ClN2O3. The maximum absolute atomic E-state index is 12.6. The van der Waals surface area contributed by atoms with Crippen molar-refractivity contribution >= 4 is 30.0 Å². The number of likely N-dealkylation sites (tertiary alicyclic amines) is 1. The maximum atomic E-state index is 12.6. The lowest BCUT2D eigenvalue weighted by Crippen LogP contribution is -2.41. The van der Waals surface area contributed by atoms with Crippen LogP contribution in [0.4, 0.5) is 5.69 Å². The van der Waals surface area contributed by atoms with E-state index in [0.29, 0.717) is 25.4 Å². The zero-order valence-corrected chi connectivity index (χ0v) is 15.5. The van der Waals surface area contributed by atoms with Crippen LogP contribution in [0.2, 0.25) is 0 Å². The summed E-state index contributed by atoms with van der Waals surface area (Å²) in [6.07, 6.45) is 0.606. The average molecular weight is 355 g/mol. The molecule has 0 spiro atoms. The first kappa shape index (κ1) is 20.5. The molecule has 0 bridgehead atoms. The van der Waals surface area contributed by atoms with E-state index in [9.17, 15) is 9.59 Å². The Balaban J connectivity index is 0.00000288. The van der Waals surface area contributed by atoms with Crippen molar-refractivity contribution in [1.29, 1.82) is 0 Å². The molecule has 1 saturated heterocycles. The predicted octanol–water partition coefficient (Wildman–Crippen LogP) is 3.27. The Bertz CT molecular complexity index is 604. The average Bonchev–Trinajstić information content (AvgIpc) is 2.98. The van der Waals surface area contributed by atoms with E-state index in [0.717, 1.165) is 16.8 Å². The van der Waals surface area contributed by atoms with Crippen molar-refractivity contribution in [3.63, 3.8) is 0 Å². The topological polar surface area (TPSA) is 69.6 Å². The number of carbonyl (C=O) groups is 2. The summed E-state index contributed by atoms with van der Waals surface area (Å²) in [6.45, 7) is 9.12. The summed E-state index contributed by atoms with van der Waals surface area (Å²) in [4.78, 5) is 25.6. The first-order valence-electron chi connectivity index (χ1n) is 8.18. The first-order valence-corrected chi connectivity index (χ1v) is 8.18. The third-order valence-corrected chi connectivity index (χ3v) is 4.67. The van der Waals surface area contributed by atoms with Gasteiger partial charge >= 0.3 is 5.97 Å². The zero-order chi connectivity index (χ0) is 17.1. The monoisotopic (exact) mass is 354 g/mol. The Morgan fingerprint density at radius 2 is 1.96 bits per heavy atom. The second-order valence-corrected chi connectivity index (χ2v) is 6.68. The van der Waals surface area contributed by atoms with E-state index < -0.39 is 5.97 Å². The lowest BCUT2D eigenvalue weighted by atomic mass is 9.98. The van der Waals surface area contributed by atoms with Crippen molar-refractivity contribution in [2.75, 3.05) is 18.4 Å². The van der Waals surface area contributed by atoms with Gasteiger partial charge in [-0.05, 0) is 43.9 Å². The number of hydrogen-bond acceptors (Lipinski definition) is 3. The van der Waals surface area contributed by atoms with E-state index >= 15 is 0 Å².